The van der Waals surface area contributed by atoms with Crippen LogP contribution in [0.2, 0.25) is 0 Å². The highest BCUT2D eigenvalue weighted by atomic mass is 19.1. The number of nitrogens with zero attached hydrogens (tertiary/aromatic N) is 1. The Morgan fingerprint density at radius 3 is 2.62 bits per heavy atom. The molecule has 4 nitrogen and oxygen atoms in total. The molecule has 0 atom stereocenters. The molecule has 3 rings (SSSR count). The molecule has 1 aromatic heterocycles. The molecule has 0 amide bonds. The minimum atomic E-state index is -1.01. The molecule has 0 fully saturated rings. The molecule has 2 aromatic carbocycles. The maximum absolute atomic E-state index is 13.4. The van der Waals surface area contributed by atoms with Crippen molar-refractivity contribution in [2.45, 2.75) is 19.9 Å². The third-order valence-corrected chi connectivity index (χ3v) is 4.02. The predicted octanol–water partition coefficient (Wildman–Crippen LogP) is 3.45. The Kier molecular flexibility index (Phi) is 4.16. The number of carboxylic acids is 1. The van der Waals surface area contributed by atoms with Crippen molar-refractivity contribution < 1.29 is 14.3 Å². The second-order valence-electron chi connectivity index (χ2n) is 5.62. The molecule has 1 N–H and O–H groups in total. The summed E-state index contributed by atoms with van der Waals surface area (Å²) >= 11 is 0. The SMILES string of the molecule is CCc1cc(C(=O)O)cc2ccc(=O)n(Cc3cccc(F)c3)c12. The summed E-state index contributed by atoms with van der Waals surface area (Å²) in [5.41, 5.74) is 2.13. The lowest BCUT2D eigenvalue weighted by atomic mass is 10.0. The fourth-order valence-electron chi connectivity index (χ4n) is 2.90. The topological polar surface area (TPSA) is 59.3 Å². The highest BCUT2D eigenvalue weighted by Gasteiger charge is 2.13. The van der Waals surface area contributed by atoms with Crippen LogP contribution in [0, 0.1) is 5.82 Å². The number of hydrogen-bond acceptors (Lipinski definition) is 2. The van der Waals surface area contributed by atoms with Crippen LogP contribution in [0.3, 0.4) is 0 Å². The van der Waals surface area contributed by atoms with E-state index < -0.39 is 5.97 Å². The summed E-state index contributed by atoms with van der Waals surface area (Å²) in [6, 6.07) is 12.3. The van der Waals surface area contributed by atoms with Crippen molar-refractivity contribution in [3.63, 3.8) is 0 Å². The monoisotopic (exact) mass is 325 g/mol. The zero-order valence-corrected chi connectivity index (χ0v) is 13.1. The van der Waals surface area contributed by atoms with Crippen molar-refractivity contribution in [2.75, 3.05) is 0 Å². The molecule has 0 spiro atoms. The lowest BCUT2D eigenvalue weighted by molar-refractivity contribution is 0.0697. The number of rotatable bonds is 4. The molecule has 5 heteroatoms. The standard InChI is InChI=1S/C19H16FNO3/c1-2-13-9-15(19(23)24)10-14-6-7-17(22)21(18(13)14)11-12-4-3-5-16(20)8-12/h3-10H,2,11H2,1H3,(H,23,24). The Morgan fingerprint density at radius 2 is 1.96 bits per heavy atom. The van der Waals surface area contributed by atoms with Crippen molar-refractivity contribution in [3.05, 3.63) is 81.4 Å². The van der Waals surface area contributed by atoms with Gasteiger partial charge in [-0.2, -0.15) is 0 Å². The number of hydrogen-bond donors (Lipinski definition) is 1. The average molecular weight is 325 g/mol. The molecule has 0 aliphatic heterocycles. The fourth-order valence-corrected chi connectivity index (χ4v) is 2.90. The quantitative estimate of drug-likeness (QED) is 0.799. The first-order valence-electron chi connectivity index (χ1n) is 7.64. The van der Waals surface area contributed by atoms with Crippen LogP contribution in [0.1, 0.15) is 28.4 Å². The predicted molar refractivity (Wildman–Crippen MR) is 90.0 cm³/mol. The van der Waals surface area contributed by atoms with Gasteiger partial charge in [-0.25, -0.2) is 9.18 Å². The molecule has 3 aromatic rings. The van der Waals surface area contributed by atoms with Crippen LogP contribution in [0.5, 0.6) is 0 Å². The van der Waals surface area contributed by atoms with Gasteiger partial charge in [-0.1, -0.05) is 19.1 Å². The van der Waals surface area contributed by atoms with Crippen molar-refractivity contribution in [3.8, 4) is 0 Å². The maximum Gasteiger partial charge on any atom is 0.335 e. The molecule has 0 aliphatic rings. The van der Waals surface area contributed by atoms with Crippen molar-refractivity contribution >= 4 is 16.9 Å². The van der Waals surface area contributed by atoms with Crippen LogP contribution >= 0.6 is 0 Å². The van der Waals surface area contributed by atoms with E-state index in [1.807, 2.05) is 6.92 Å². The minimum absolute atomic E-state index is 0.190. The van der Waals surface area contributed by atoms with E-state index in [-0.39, 0.29) is 23.5 Å². The molecule has 0 saturated carbocycles. The third kappa shape index (κ3) is 2.93. The number of aryl methyl sites for hydroxylation is 1. The number of aromatic carboxylic acids is 1. The Bertz CT molecular complexity index is 992. The molecule has 0 bridgehead atoms. The van der Waals surface area contributed by atoms with Gasteiger partial charge in [0.2, 0.25) is 0 Å². The largest absolute Gasteiger partial charge is 0.478 e. The van der Waals surface area contributed by atoms with Gasteiger partial charge >= 0.3 is 5.97 Å². The van der Waals surface area contributed by atoms with E-state index in [2.05, 4.69) is 0 Å². The first kappa shape index (κ1) is 15.9. The molecule has 0 radical (unpaired) electrons. The van der Waals surface area contributed by atoms with Gasteiger partial charge < -0.3 is 9.67 Å². The summed E-state index contributed by atoms with van der Waals surface area (Å²) in [5, 5.41) is 9.93. The normalized spacial score (nSPS) is 10.9. The zero-order chi connectivity index (χ0) is 17.3. The molecule has 0 saturated heterocycles. The molecule has 1 heterocycles. The Hall–Kier alpha value is -2.95. The van der Waals surface area contributed by atoms with Gasteiger partial charge in [0.1, 0.15) is 5.82 Å². The van der Waals surface area contributed by atoms with Gasteiger partial charge in [-0.05, 0) is 53.3 Å². The zero-order valence-electron chi connectivity index (χ0n) is 13.1. The number of carbonyl (C=O) groups is 1. The summed E-state index contributed by atoms with van der Waals surface area (Å²) in [6.45, 7) is 2.14. The van der Waals surface area contributed by atoms with Crippen LogP contribution in [0.25, 0.3) is 10.9 Å². The van der Waals surface area contributed by atoms with E-state index in [0.717, 1.165) is 5.56 Å². The van der Waals surface area contributed by atoms with Crippen molar-refractivity contribution in [1.29, 1.82) is 0 Å². The summed E-state index contributed by atoms with van der Waals surface area (Å²) in [4.78, 5) is 23.6. The molecule has 122 valence electrons. The third-order valence-electron chi connectivity index (χ3n) is 4.02. The van der Waals surface area contributed by atoms with E-state index in [1.165, 1.54) is 18.2 Å². The molecule has 24 heavy (non-hydrogen) atoms. The second kappa shape index (κ2) is 6.28. The van der Waals surface area contributed by atoms with E-state index in [9.17, 15) is 19.1 Å². The number of benzene rings is 2. The van der Waals surface area contributed by atoms with Crippen LogP contribution in [-0.2, 0) is 13.0 Å². The first-order valence-corrected chi connectivity index (χ1v) is 7.64. The number of halogens is 1. The van der Waals surface area contributed by atoms with Crippen LogP contribution in [0.4, 0.5) is 4.39 Å². The highest BCUT2D eigenvalue weighted by Crippen LogP contribution is 2.22. The first-order chi connectivity index (χ1) is 11.5. The number of pyridine rings is 1. The van der Waals surface area contributed by atoms with E-state index in [0.29, 0.717) is 22.9 Å². The van der Waals surface area contributed by atoms with Gasteiger partial charge in [0.05, 0.1) is 17.6 Å². The van der Waals surface area contributed by atoms with Crippen LogP contribution < -0.4 is 5.56 Å². The average Bonchev–Trinajstić information content (AvgIpc) is 2.56. The van der Waals surface area contributed by atoms with Gasteiger partial charge in [-0.15, -0.1) is 0 Å². The van der Waals surface area contributed by atoms with Gasteiger partial charge in [-0.3, -0.25) is 4.79 Å². The lowest BCUT2D eigenvalue weighted by Gasteiger charge is -2.14. The van der Waals surface area contributed by atoms with Crippen LogP contribution in [0.15, 0.2) is 53.3 Å². The van der Waals surface area contributed by atoms with Gasteiger partial charge in [0, 0.05) is 6.07 Å². The minimum Gasteiger partial charge on any atom is -0.478 e. The van der Waals surface area contributed by atoms with E-state index in [4.69, 9.17) is 0 Å². The summed E-state index contributed by atoms with van der Waals surface area (Å²) < 4.78 is 15.0. The number of aromatic nitrogens is 1. The number of fused-ring (bicyclic) bond motifs is 1. The summed E-state index contributed by atoms with van der Waals surface area (Å²) in [5.74, 6) is -1.36. The smallest absolute Gasteiger partial charge is 0.335 e. The fraction of sp³-hybridized carbons (Fsp3) is 0.158. The van der Waals surface area contributed by atoms with E-state index >= 15 is 0 Å². The summed E-state index contributed by atoms with van der Waals surface area (Å²) in [6.07, 6.45) is 0.588. The molecular formula is C19H16FNO3. The second-order valence-corrected chi connectivity index (χ2v) is 5.62. The molecule has 0 aliphatic carbocycles. The molecule has 0 unspecified atom stereocenters. The van der Waals surface area contributed by atoms with Gasteiger partial charge in [0.25, 0.3) is 5.56 Å². The number of carboxylic acid groups (broad SMARTS) is 1. The van der Waals surface area contributed by atoms with Gasteiger partial charge in [0.15, 0.2) is 0 Å². The van der Waals surface area contributed by atoms with Crippen molar-refractivity contribution in [2.24, 2.45) is 0 Å². The highest BCUT2D eigenvalue weighted by molar-refractivity contribution is 5.95. The van der Waals surface area contributed by atoms with Crippen molar-refractivity contribution in [1.82, 2.24) is 4.57 Å². The maximum atomic E-state index is 13.4. The van der Waals surface area contributed by atoms with E-state index in [1.54, 1.807) is 34.9 Å². The van der Waals surface area contributed by atoms with Crippen LogP contribution in [-0.4, -0.2) is 15.6 Å². The Labute approximate surface area is 137 Å². The molecular weight excluding hydrogens is 309 g/mol. The Morgan fingerprint density at radius 1 is 1.17 bits per heavy atom. The lowest BCUT2D eigenvalue weighted by Crippen LogP contribution is -2.21. The Balaban J connectivity index is 2.25. The summed E-state index contributed by atoms with van der Waals surface area (Å²) in [7, 11) is 0.